The summed E-state index contributed by atoms with van der Waals surface area (Å²) in [5.41, 5.74) is 18.1. The fraction of sp³-hybridized carbons (Fsp3) is 0.382. The van der Waals surface area contributed by atoms with E-state index in [1.54, 1.807) is 5.57 Å². The third-order valence-corrected chi connectivity index (χ3v) is 9.92. The Labute approximate surface area is 250 Å². The number of para-hydroxylation sites is 1. The number of H-pyrrole nitrogens is 2. The molecule has 2 aliphatic carbocycles. The predicted octanol–water partition coefficient (Wildman–Crippen LogP) is 6.37. The lowest BCUT2D eigenvalue weighted by Crippen LogP contribution is -2.30. The predicted molar refractivity (Wildman–Crippen MR) is 167 cm³/mol. The highest BCUT2D eigenvalue weighted by Gasteiger charge is 2.36. The average Bonchev–Trinajstić information content (AvgIpc) is 3.58. The minimum Gasteiger partial charge on any atom is -0.398 e. The normalized spacial score (nSPS) is 20.1. The van der Waals surface area contributed by atoms with Gasteiger partial charge in [0.1, 0.15) is 0 Å². The van der Waals surface area contributed by atoms with Crippen LogP contribution in [0.1, 0.15) is 66.2 Å². The van der Waals surface area contributed by atoms with E-state index in [0.29, 0.717) is 11.8 Å². The standard InChI is InChI=1S/C34H36ClN7/c35-24-8-9-28-30(17-24)38-31-16-22-13-21(14-23(15-22)33(31)34(28)36)5-3-4-11-42-19-25(39-40-42)18-41-12-10-27-26-6-1-2-7-29(26)37-32(27)20-41/h1-2,6-9,13,17,19,22-23,37H,3-5,10-12,14-16,18,20H2,(H2,36,38)/p+1. The summed E-state index contributed by atoms with van der Waals surface area (Å²) < 4.78 is 2.03. The van der Waals surface area contributed by atoms with Crippen LogP contribution in [-0.4, -0.2) is 31.4 Å². The molecule has 0 spiro atoms. The van der Waals surface area contributed by atoms with Gasteiger partial charge in [0.25, 0.3) is 0 Å². The Kier molecular flexibility index (Phi) is 6.53. The summed E-state index contributed by atoms with van der Waals surface area (Å²) in [6, 6.07) is 14.6. The quantitative estimate of drug-likeness (QED) is 0.173. The van der Waals surface area contributed by atoms with Crippen molar-refractivity contribution in [3.05, 3.63) is 93.5 Å². The summed E-state index contributed by atoms with van der Waals surface area (Å²) in [4.78, 5) is 9.77. The van der Waals surface area contributed by atoms with Crippen LogP contribution in [0.3, 0.4) is 0 Å². The molecule has 3 aromatic heterocycles. The van der Waals surface area contributed by atoms with Crippen molar-refractivity contribution in [2.45, 2.75) is 70.5 Å². The molecule has 8 rings (SSSR count). The Morgan fingerprint density at radius 3 is 2.98 bits per heavy atom. The number of aromatic nitrogens is 5. The molecule has 0 radical (unpaired) electrons. The van der Waals surface area contributed by atoms with Gasteiger partial charge in [-0.15, -0.1) is 5.10 Å². The summed E-state index contributed by atoms with van der Waals surface area (Å²) in [6.07, 6.45) is 12.5. The van der Waals surface area contributed by atoms with Gasteiger partial charge >= 0.3 is 0 Å². The van der Waals surface area contributed by atoms with Crippen LogP contribution in [-0.2, 0) is 32.5 Å². The second-order valence-electron chi connectivity index (χ2n) is 12.6. The monoisotopic (exact) mass is 578 g/mol. The Hall–Kier alpha value is -3.68. The zero-order valence-electron chi connectivity index (χ0n) is 23.9. The summed E-state index contributed by atoms with van der Waals surface area (Å²) >= 11 is 6.25. The highest BCUT2D eigenvalue weighted by molar-refractivity contribution is 6.31. The summed E-state index contributed by atoms with van der Waals surface area (Å²) in [5, 5.41) is 12.1. The number of benzene rings is 2. The van der Waals surface area contributed by atoms with Gasteiger partial charge in [0.05, 0.1) is 16.8 Å². The number of hydrogen-bond acceptors (Lipinski definition) is 4. The molecule has 0 fully saturated rings. The number of aromatic amines is 2. The van der Waals surface area contributed by atoms with Crippen LogP contribution in [0.5, 0.6) is 0 Å². The molecule has 2 atom stereocenters. The van der Waals surface area contributed by atoms with Gasteiger partial charge in [-0.3, -0.25) is 9.58 Å². The van der Waals surface area contributed by atoms with E-state index in [1.807, 2.05) is 16.8 Å². The molecule has 42 heavy (non-hydrogen) atoms. The largest absolute Gasteiger partial charge is 0.398 e. The number of anilines is 1. The molecule has 2 unspecified atom stereocenters. The van der Waals surface area contributed by atoms with Gasteiger partial charge in [0.2, 0.25) is 5.52 Å². The third kappa shape index (κ3) is 4.78. The van der Waals surface area contributed by atoms with E-state index in [0.717, 1.165) is 85.6 Å². The van der Waals surface area contributed by atoms with Gasteiger partial charge in [-0.1, -0.05) is 46.7 Å². The van der Waals surface area contributed by atoms with Crippen LogP contribution in [0, 0.1) is 5.92 Å². The second kappa shape index (κ2) is 10.5. The molecule has 5 aromatic rings. The second-order valence-corrected chi connectivity index (χ2v) is 13.0. The number of hydrogen-bond donors (Lipinski definition) is 2. The first-order chi connectivity index (χ1) is 20.6. The Balaban J connectivity index is 0.851. The molecule has 2 bridgehead atoms. The van der Waals surface area contributed by atoms with Crippen LogP contribution in [0.4, 0.5) is 5.69 Å². The molecule has 8 heteroatoms. The lowest BCUT2D eigenvalue weighted by molar-refractivity contribution is -0.360. The number of nitrogen functional groups attached to an aromatic ring is 1. The minimum absolute atomic E-state index is 0.503. The molecule has 7 nitrogen and oxygen atoms in total. The lowest BCUT2D eigenvalue weighted by Gasteiger charge is -2.34. The smallest absolute Gasteiger partial charge is 0.214 e. The van der Waals surface area contributed by atoms with Gasteiger partial charge in [-0.2, -0.15) is 0 Å². The summed E-state index contributed by atoms with van der Waals surface area (Å²) in [6.45, 7) is 3.75. The van der Waals surface area contributed by atoms with E-state index in [2.05, 4.69) is 67.8 Å². The number of nitrogens with two attached hydrogens (primary N) is 1. The number of nitrogens with zero attached hydrogens (tertiary/aromatic N) is 4. The van der Waals surface area contributed by atoms with Crippen molar-refractivity contribution in [3.63, 3.8) is 0 Å². The first-order valence-electron chi connectivity index (χ1n) is 15.4. The van der Waals surface area contributed by atoms with Crippen LogP contribution in [0.15, 0.2) is 60.3 Å². The number of halogens is 1. The van der Waals surface area contributed by atoms with E-state index in [-0.39, 0.29) is 0 Å². The molecule has 2 aromatic carbocycles. The van der Waals surface area contributed by atoms with Gasteiger partial charge in [-0.05, 0) is 74.1 Å². The van der Waals surface area contributed by atoms with Crippen LogP contribution < -0.4 is 10.7 Å². The van der Waals surface area contributed by atoms with E-state index < -0.39 is 0 Å². The van der Waals surface area contributed by atoms with Crippen molar-refractivity contribution in [2.75, 3.05) is 12.3 Å². The van der Waals surface area contributed by atoms with E-state index >= 15 is 0 Å². The van der Waals surface area contributed by atoms with Crippen molar-refractivity contribution >= 4 is 39.1 Å². The number of unbranched alkanes of at least 4 members (excludes halogenated alkanes) is 1. The maximum atomic E-state index is 6.75. The molecule has 4 heterocycles. The molecular formula is C34H37ClN7+. The number of pyridine rings is 1. The fourth-order valence-electron chi connectivity index (χ4n) is 7.82. The maximum Gasteiger partial charge on any atom is 0.214 e. The van der Waals surface area contributed by atoms with Gasteiger partial charge < -0.3 is 10.7 Å². The van der Waals surface area contributed by atoms with Gasteiger partial charge in [-0.25, -0.2) is 4.98 Å². The zero-order chi connectivity index (χ0) is 28.2. The molecule has 214 valence electrons. The molecule has 0 saturated heterocycles. The number of aryl methyl sites for hydroxylation is 1. The first kappa shape index (κ1) is 26.0. The van der Waals surface area contributed by atoms with Gasteiger partial charge in [0.15, 0.2) is 5.69 Å². The molecule has 0 saturated carbocycles. The van der Waals surface area contributed by atoms with E-state index in [1.165, 1.54) is 46.3 Å². The number of nitrogens with one attached hydrogen (secondary N) is 2. The Bertz CT molecular complexity index is 1830. The number of fused-ring (bicyclic) bond motifs is 8. The topological polar surface area (TPSA) is 89.9 Å². The molecule has 0 amide bonds. The number of rotatable bonds is 7. The Morgan fingerprint density at radius 2 is 2.02 bits per heavy atom. The highest BCUT2D eigenvalue weighted by atomic mass is 35.5. The highest BCUT2D eigenvalue weighted by Crippen LogP contribution is 2.46. The van der Waals surface area contributed by atoms with Crippen molar-refractivity contribution < 1.29 is 4.98 Å². The molecule has 4 N–H and O–H groups in total. The minimum atomic E-state index is 0.503. The van der Waals surface area contributed by atoms with Crippen molar-refractivity contribution in [1.82, 2.24) is 24.9 Å². The maximum absolute atomic E-state index is 6.75. The van der Waals surface area contributed by atoms with Crippen molar-refractivity contribution in [1.29, 1.82) is 0 Å². The van der Waals surface area contributed by atoms with Crippen LogP contribution >= 0.6 is 11.6 Å². The van der Waals surface area contributed by atoms with Crippen molar-refractivity contribution in [3.8, 4) is 0 Å². The van der Waals surface area contributed by atoms with Crippen LogP contribution in [0.2, 0.25) is 5.02 Å². The van der Waals surface area contributed by atoms with Gasteiger partial charge in [0, 0.05) is 72.0 Å². The zero-order valence-corrected chi connectivity index (χ0v) is 24.6. The fourth-order valence-corrected chi connectivity index (χ4v) is 8.00. The number of allylic oxidation sites excluding steroid dienone is 2. The summed E-state index contributed by atoms with van der Waals surface area (Å²) in [5.74, 6) is 1.09. The molecule has 3 aliphatic rings. The van der Waals surface area contributed by atoms with E-state index in [4.69, 9.17) is 17.3 Å². The summed E-state index contributed by atoms with van der Waals surface area (Å²) in [7, 11) is 0. The third-order valence-electron chi connectivity index (χ3n) is 9.68. The Morgan fingerprint density at radius 1 is 1.10 bits per heavy atom. The van der Waals surface area contributed by atoms with Crippen molar-refractivity contribution in [2.24, 2.45) is 5.92 Å². The lowest BCUT2D eigenvalue weighted by atomic mass is 9.70. The first-order valence-corrected chi connectivity index (χ1v) is 15.8. The molecular weight excluding hydrogens is 542 g/mol. The SMILES string of the molecule is Nc1c2c([nH+]c3cc(Cl)ccc13)CC1C=C(CCCCn3cc(CN4CCc5c([nH]c6ccccc56)C4)nn3)CC2C1. The average molecular weight is 579 g/mol. The molecule has 1 aliphatic heterocycles. The van der Waals surface area contributed by atoms with E-state index in [9.17, 15) is 0 Å². The van der Waals surface area contributed by atoms with Crippen LogP contribution in [0.25, 0.3) is 21.8 Å².